The first-order valence-electron chi connectivity index (χ1n) is 13.7. The highest BCUT2D eigenvalue weighted by Gasteiger charge is 2.23. The lowest BCUT2D eigenvalue weighted by molar-refractivity contribution is 0.0588. The Labute approximate surface area is 250 Å². The number of carbonyl (C=O) groups is 2. The molecule has 4 aromatic rings. The Bertz CT molecular complexity index is 1660. The maximum atomic E-state index is 13.7. The number of halogens is 1. The van der Waals surface area contributed by atoms with E-state index in [1.54, 1.807) is 82.5 Å². The standard InChI is InChI=1S/C33H33FN6O3/c1-33(2,3)43-32(42)40(4)30-24(11-8-17-37-30)21-38-31(41)27-14-15-28(26-13-6-5-10-23(26)20-35)39-29(27)36-18-16-22-9-7-12-25(34)19-22/h5-15,17,19H,16,18,21H2,1-4H3,(H,36,39)(H,38,41). The van der Waals surface area contributed by atoms with Crippen molar-refractivity contribution in [2.75, 3.05) is 23.8 Å². The summed E-state index contributed by atoms with van der Waals surface area (Å²) in [4.78, 5) is 36.5. The SMILES string of the molecule is CN(C(=O)OC(C)(C)C)c1ncccc1CNC(=O)c1ccc(-c2ccccc2C#N)nc1NCCc1cccc(F)c1. The van der Waals surface area contributed by atoms with Crippen molar-refractivity contribution in [2.45, 2.75) is 39.3 Å². The number of benzene rings is 2. The van der Waals surface area contributed by atoms with E-state index in [0.29, 0.717) is 47.0 Å². The molecule has 220 valence electrons. The number of hydrogen-bond donors (Lipinski definition) is 2. The van der Waals surface area contributed by atoms with Crippen molar-refractivity contribution >= 4 is 23.6 Å². The zero-order chi connectivity index (χ0) is 31.0. The van der Waals surface area contributed by atoms with Crippen LogP contribution in [0.15, 0.2) is 79.0 Å². The molecule has 4 rings (SSSR count). The molecule has 0 aliphatic heterocycles. The molecule has 0 saturated carbocycles. The molecule has 2 heterocycles. The van der Waals surface area contributed by atoms with E-state index >= 15 is 0 Å². The molecule has 0 unspecified atom stereocenters. The highest BCUT2D eigenvalue weighted by Crippen LogP contribution is 2.26. The fraction of sp³-hybridized carbons (Fsp3) is 0.242. The smallest absolute Gasteiger partial charge is 0.415 e. The number of nitrogens with zero attached hydrogens (tertiary/aromatic N) is 4. The summed E-state index contributed by atoms with van der Waals surface area (Å²) < 4.78 is 19.1. The minimum absolute atomic E-state index is 0.0803. The summed E-state index contributed by atoms with van der Waals surface area (Å²) in [5.74, 6) is -0.0583. The second kappa shape index (κ2) is 13.6. The highest BCUT2D eigenvalue weighted by atomic mass is 19.1. The van der Waals surface area contributed by atoms with Gasteiger partial charge in [0, 0.05) is 37.5 Å². The predicted octanol–water partition coefficient (Wildman–Crippen LogP) is 6.11. The molecule has 0 aliphatic rings. The van der Waals surface area contributed by atoms with Crippen LogP contribution in [0, 0.1) is 17.1 Å². The van der Waals surface area contributed by atoms with Crippen LogP contribution in [0.5, 0.6) is 0 Å². The maximum absolute atomic E-state index is 13.7. The first kappa shape index (κ1) is 30.7. The van der Waals surface area contributed by atoms with Crippen molar-refractivity contribution < 1.29 is 18.7 Å². The number of aromatic nitrogens is 2. The molecule has 0 bridgehead atoms. The molecule has 0 aliphatic carbocycles. The number of carbonyl (C=O) groups excluding carboxylic acids is 2. The van der Waals surface area contributed by atoms with Crippen molar-refractivity contribution in [2.24, 2.45) is 0 Å². The molecule has 0 radical (unpaired) electrons. The van der Waals surface area contributed by atoms with E-state index < -0.39 is 17.6 Å². The number of rotatable bonds is 9. The van der Waals surface area contributed by atoms with E-state index in [0.717, 1.165) is 5.56 Å². The monoisotopic (exact) mass is 580 g/mol. The van der Waals surface area contributed by atoms with Crippen molar-refractivity contribution in [1.29, 1.82) is 5.26 Å². The van der Waals surface area contributed by atoms with Crippen molar-refractivity contribution in [3.8, 4) is 17.3 Å². The Balaban J connectivity index is 1.57. The van der Waals surface area contributed by atoms with Crippen LogP contribution in [-0.2, 0) is 17.7 Å². The molecule has 0 spiro atoms. The Kier molecular flexibility index (Phi) is 9.68. The summed E-state index contributed by atoms with van der Waals surface area (Å²) in [6.45, 7) is 5.80. The number of pyridine rings is 2. The van der Waals surface area contributed by atoms with Crippen molar-refractivity contribution in [3.63, 3.8) is 0 Å². The van der Waals surface area contributed by atoms with Gasteiger partial charge < -0.3 is 15.4 Å². The largest absolute Gasteiger partial charge is 0.443 e. The summed E-state index contributed by atoms with van der Waals surface area (Å²) in [6.07, 6.45) is 1.49. The molecule has 0 atom stereocenters. The van der Waals surface area contributed by atoms with Gasteiger partial charge in [-0.05, 0) is 69.2 Å². The van der Waals surface area contributed by atoms with Gasteiger partial charge in [0.1, 0.15) is 23.1 Å². The van der Waals surface area contributed by atoms with Crippen LogP contribution in [0.3, 0.4) is 0 Å². The molecule has 2 amide bonds. The lowest BCUT2D eigenvalue weighted by Crippen LogP contribution is -2.35. The lowest BCUT2D eigenvalue weighted by atomic mass is 10.0. The molecule has 10 heteroatoms. The van der Waals surface area contributed by atoms with Crippen LogP contribution in [0.4, 0.5) is 20.8 Å². The van der Waals surface area contributed by atoms with Gasteiger partial charge in [0.15, 0.2) is 0 Å². The first-order valence-corrected chi connectivity index (χ1v) is 13.7. The Hall–Kier alpha value is -5.30. The molecule has 43 heavy (non-hydrogen) atoms. The fourth-order valence-corrected chi connectivity index (χ4v) is 4.31. The van der Waals surface area contributed by atoms with Gasteiger partial charge in [0.25, 0.3) is 5.91 Å². The molecule has 2 aromatic carbocycles. The van der Waals surface area contributed by atoms with Crippen LogP contribution in [0.25, 0.3) is 11.3 Å². The lowest BCUT2D eigenvalue weighted by Gasteiger charge is -2.25. The molecule has 0 saturated heterocycles. The molecule has 2 aromatic heterocycles. The summed E-state index contributed by atoms with van der Waals surface area (Å²) in [6, 6.07) is 22.4. The normalized spacial score (nSPS) is 10.9. The van der Waals surface area contributed by atoms with Gasteiger partial charge >= 0.3 is 6.09 Å². The summed E-state index contributed by atoms with van der Waals surface area (Å²) >= 11 is 0. The first-order chi connectivity index (χ1) is 20.6. The predicted molar refractivity (Wildman–Crippen MR) is 163 cm³/mol. The van der Waals surface area contributed by atoms with Crippen LogP contribution >= 0.6 is 0 Å². The number of nitriles is 1. The van der Waals surface area contributed by atoms with Crippen LogP contribution in [0.1, 0.15) is 47.8 Å². The molecule has 2 N–H and O–H groups in total. The van der Waals surface area contributed by atoms with E-state index in [9.17, 15) is 19.2 Å². The molecular formula is C33H33FN6O3. The van der Waals surface area contributed by atoms with Crippen LogP contribution < -0.4 is 15.5 Å². The average molecular weight is 581 g/mol. The van der Waals surface area contributed by atoms with Crippen LogP contribution in [-0.4, -0.2) is 41.2 Å². The third kappa shape index (κ3) is 8.14. The maximum Gasteiger partial charge on any atom is 0.415 e. The molecular weight excluding hydrogens is 547 g/mol. The number of anilines is 2. The van der Waals surface area contributed by atoms with Gasteiger partial charge in [0.05, 0.1) is 22.9 Å². The van der Waals surface area contributed by atoms with E-state index in [-0.39, 0.29) is 17.9 Å². The van der Waals surface area contributed by atoms with Gasteiger partial charge in [-0.3, -0.25) is 9.69 Å². The third-order valence-corrected chi connectivity index (χ3v) is 6.35. The Morgan fingerprint density at radius 3 is 2.58 bits per heavy atom. The molecule has 9 nitrogen and oxygen atoms in total. The number of ether oxygens (including phenoxy) is 1. The zero-order valence-electron chi connectivity index (χ0n) is 24.5. The molecule has 0 fully saturated rings. The minimum Gasteiger partial charge on any atom is -0.443 e. The average Bonchev–Trinajstić information content (AvgIpc) is 2.98. The van der Waals surface area contributed by atoms with Crippen LogP contribution in [0.2, 0.25) is 0 Å². The summed E-state index contributed by atoms with van der Waals surface area (Å²) in [5, 5.41) is 15.7. The van der Waals surface area contributed by atoms with E-state index in [4.69, 9.17) is 9.72 Å². The van der Waals surface area contributed by atoms with Gasteiger partial charge in [0.2, 0.25) is 0 Å². The zero-order valence-corrected chi connectivity index (χ0v) is 24.5. The van der Waals surface area contributed by atoms with Gasteiger partial charge in [-0.2, -0.15) is 5.26 Å². The van der Waals surface area contributed by atoms with E-state index in [1.807, 2.05) is 12.1 Å². The van der Waals surface area contributed by atoms with E-state index in [2.05, 4.69) is 21.7 Å². The number of hydrogen-bond acceptors (Lipinski definition) is 7. The second-order valence-corrected chi connectivity index (χ2v) is 10.8. The Morgan fingerprint density at radius 1 is 1.05 bits per heavy atom. The fourth-order valence-electron chi connectivity index (χ4n) is 4.31. The summed E-state index contributed by atoms with van der Waals surface area (Å²) in [5.41, 5.74) is 2.62. The topological polar surface area (TPSA) is 120 Å². The van der Waals surface area contributed by atoms with Gasteiger partial charge in [-0.15, -0.1) is 0 Å². The van der Waals surface area contributed by atoms with Gasteiger partial charge in [-0.1, -0.05) is 36.4 Å². The number of amides is 2. The highest BCUT2D eigenvalue weighted by molar-refractivity contribution is 5.99. The third-order valence-electron chi connectivity index (χ3n) is 6.35. The van der Waals surface area contributed by atoms with Crippen molar-refractivity contribution in [3.05, 3.63) is 107 Å². The number of nitrogens with one attached hydrogen (secondary N) is 2. The van der Waals surface area contributed by atoms with Crippen molar-refractivity contribution in [1.82, 2.24) is 15.3 Å². The van der Waals surface area contributed by atoms with Gasteiger partial charge in [-0.25, -0.2) is 19.2 Å². The second-order valence-electron chi connectivity index (χ2n) is 10.8. The summed E-state index contributed by atoms with van der Waals surface area (Å²) in [7, 11) is 1.56. The van der Waals surface area contributed by atoms with E-state index in [1.165, 1.54) is 17.0 Å². The Morgan fingerprint density at radius 2 is 1.84 bits per heavy atom. The quantitative estimate of drug-likeness (QED) is 0.245. The minimum atomic E-state index is -0.681.